The summed E-state index contributed by atoms with van der Waals surface area (Å²) in [4.78, 5) is 9.39. The second kappa shape index (κ2) is 8.00. The van der Waals surface area contributed by atoms with Crippen molar-refractivity contribution >= 4 is 16.7 Å². The van der Waals surface area contributed by atoms with Crippen molar-refractivity contribution in [1.82, 2.24) is 9.97 Å². The zero-order valence-electron chi connectivity index (χ0n) is 16.5. The molecule has 150 valence electrons. The Bertz CT molecular complexity index is 1190. The van der Waals surface area contributed by atoms with Crippen LogP contribution in [0.15, 0.2) is 66.9 Å². The average Bonchev–Trinajstić information content (AvgIpc) is 3.27. The molecule has 0 bridgehead atoms. The average molecular weight is 398 g/mol. The molecule has 2 aromatic carbocycles. The number of nitrogens with two attached hydrogens (primary N) is 1. The maximum absolute atomic E-state index is 5.63. The molecular formula is C24H22N4O2. The minimum absolute atomic E-state index is 0.279. The summed E-state index contributed by atoms with van der Waals surface area (Å²) in [5.74, 6) is 2.41. The normalized spacial score (nSPS) is 12.3. The number of aromatic nitrogens is 2. The van der Waals surface area contributed by atoms with E-state index in [0.717, 1.165) is 63.6 Å². The van der Waals surface area contributed by atoms with Crippen LogP contribution in [0.5, 0.6) is 11.5 Å². The summed E-state index contributed by atoms with van der Waals surface area (Å²) in [7, 11) is 0. The van der Waals surface area contributed by atoms with Crippen LogP contribution in [0.4, 0.5) is 5.82 Å². The number of nitrogens with one attached hydrogen (secondary N) is 1. The van der Waals surface area contributed by atoms with E-state index < -0.39 is 0 Å². The predicted octanol–water partition coefficient (Wildman–Crippen LogP) is 4.45. The molecule has 4 aromatic rings. The fraction of sp³-hybridized carbons (Fsp3) is 0.167. The third-order valence-corrected chi connectivity index (χ3v) is 5.16. The maximum atomic E-state index is 5.63. The van der Waals surface area contributed by atoms with Gasteiger partial charge in [0.25, 0.3) is 0 Å². The second-order valence-corrected chi connectivity index (χ2v) is 7.14. The van der Waals surface area contributed by atoms with Gasteiger partial charge in [-0.05, 0) is 54.4 Å². The Morgan fingerprint density at radius 1 is 0.900 bits per heavy atom. The number of pyridine rings is 2. The van der Waals surface area contributed by atoms with Crippen molar-refractivity contribution < 1.29 is 9.47 Å². The Kier molecular flexibility index (Phi) is 4.91. The first-order chi connectivity index (χ1) is 14.8. The van der Waals surface area contributed by atoms with E-state index in [1.165, 1.54) is 0 Å². The van der Waals surface area contributed by atoms with Crippen LogP contribution in [-0.4, -0.2) is 29.9 Å². The predicted molar refractivity (Wildman–Crippen MR) is 119 cm³/mol. The van der Waals surface area contributed by atoms with Gasteiger partial charge in [0, 0.05) is 23.7 Å². The fourth-order valence-electron chi connectivity index (χ4n) is 3.58. The third kappa shape index (κ3) is 3.53. The van der Waals surface area contributed by atoms with E-state index in [2.05, 4.69) is 34.6 Å². The summed E-state index contributed by atoms with van der Waals surface area (Å²) in [6.45, 7) is 1.70. The third-order valence-electron chi connectivity index (χ3n) is 5.16. The van der Waals surface area contributed by atoms with Crippen LogP contribution in [-0.2, 0) is 0 Å². The van der Waals surface area contributed by atoms with Crippen molar-refractivity contribution in [3.05, 3.63) is 66.9 Å². The van der Waals surface area contributed by atoms with Gasteiger partial charge in [0.05, 0.1) is 11.2 Å². The van der Waals surface area contributed by atoms with Gasteiger partial charge in [-0.25, -0.2) is 4.98 Å². The largest absolute Gasteiger partial charge is 0.454 e. The molecule has 1 aliphatic rings. The van der Waals surface area contributed by atoms with Crippen molar-refractivity contribution in [3.8, 4) is 33.9 Å². The van der Waals surface area contributed by atoms with Crippen LogP contribution in [0.3, 0.4) is 0 Å². The van der Waals surface area contributed by atoms with Crippen LogP contribution < -0.4 is 20.5 Å². The minimum atomic E-state index is 0.279. The van der Waals surface area contributed by atoms with Gasteiger partial charge in [-0.1, -0.05) is 30.3 Å². The molecule has 6 heteroatoms. The summed E-state index contributed by atoms with van der Waals surface area (Å²) < 4.78 is 10.9. The van der Waals surface area contributed by atoms with Crippen molar-refractivity contribution in [3.63, 3.8) is 0 Å². The van der Waals surface area contributed by atoms with Crippen LogP contribution in [0, 0.1) is 0 Å². The molecule has 5 rings (SSSR count). The molecule has 0 amide bonds. The Hall–Kier alpha value is -3.64. The van der Waals surface area contributed by atoms with Gasteiger partial charge in [0.2, 0.25) is 6.79 Å². The van der Waals surface area contributed by atoms with E-state index in [0.29, 0.717) is 6.54 Å². The molecule has 0 saturated heterocycles. The van der Waals surface area contributed by atoms with Gasteiger partial charge in [-0.2, -0.15) is 0 Å². The van der Waals surface area contributed by atoms with Crippen LogP contribution >= 0.6 is 0 Å². The van der Waals surface area contributed by atoms with Crippen LogP contribution in [0.2, 0.25) is 0 Å². The van der Waals surface area contributed by atoms with Gasteiger partial charge in [0.15, 0.2) is 11.5 Å². The maximum Gasteiger partial charge on any atom is 0.231 e. The number of anilines is 1. The molecule has 0 unspecified atom stereocenters. The molecule has 1 aliphatic heterocycles. The summed E-state index contributed by atoms with van der Waals surface area (Å²) in [6, 6.07) is 20.3. The van der Waals surface area contributed by atoms with Gasteiger partial charge < -0.3 is 20.5 Å². The van der Waals surface area contributed by atoms with E-state index in [1.807, 2.05) is 36.4 Å². The first-order valence-electron chi connectivity index (χ1n) is 10.0. The Labute approximate surface area is 174 Å². The smallest absolute Gasteiger partial charge is 0.231 e. The van der Waals surface area contributed by atoms with E-state index in [-0.39, 0.29) is 6.79 Å². The zero-order valence-corrected chi connectivity index (χ0v) is 16.5. The molecule has 0 fully saturated rings. The van der Waals surface area contributed by atoms with Crippen LogP contribution in [0.25, 0.3) is 33.3 Å². The highest BCUT2D eigenvalue weighted by molar-refractivity contribution is 5.92. The van der Waals surface area contributed by atoms with E-state index in [9.17, 15) is 0 Å². The molecule has 3 N–H and O–H groups in total. The number of ether oxygens (including phenoxy) is 2. The van der Waals surface area contributed by atoms with Gasteiger partial charge >= 0.3 is 0 Å². The first kappa shape index (κ1) is 18.4. The number of rotatable bonds is 6. The monoisotopic (exact) mass is 398 g/mol. The van der Waals surface area contributed by atoms with Crippen molar-refractivity contribution in [2.75, 3.05) is 25.2 Å². The highest BCUT2D eigenvalue weighted by atomic mass is 16.7. The summed E-state index contributed by atoms with van der Waals surface area (Å²) >= 11 is 0. The lowest BCUT2D eigenvalue weighted by Gasteiger charge is -2.11. The SMILES string of the molecule is NCCCNc1nc(-c2ccc(-c3ccc4c(c3)OCO4)cc2)cc2ncccc12. The molecule has 6 nitrogen and oxygen atoms in total. The standard InChI is InChI=1S/C24H22N4O2/c25-10-2-12-27-24-19-3-1-11-26-21(19)14-20(28-24)17-6-4-16(5-7-17)18-8-9-22-23(13-18)30-15-29-22/h1,3-9,11,13-14H,2,10,12,15,25H2,(H,27,28). The Balaban J connectivity index is 1.48. The Morgan fingerprint density at radius 2 is 1.70 bits per heavy atom. The molecule has 30 heavy (non-hydrogen) atoms. The fourth-order valence-corrected chi connectivity index (χ4v) is 3.58. The number of nitrogens with zero attached hydrogens (tertiary/aromatic N) is 2. The van der Waals surface area contributed by atoms with Crippen molar-refractivity contribution in [2.45, 2.75) is 6.42 Å². The van der Waals surface area contributed by atoms with Gasteiger partial charge in [-0.15, -0.1) is 0 Å². The number of hydrogen-bond donors (Lipinski definition) is 2. The topological polar surface area (TPSA) is 82.3 Å². The Morgan fingerprint density at radius 3 is 2.57 bits per heavy atom. The van der Waals surface area contributed by atoms with Gasteiger partial charge in [-0.3, -0.25) is 4.98 Å². The van der Waals surface area contributed by atoms with Crippen LogP contribution in [0.1, 0.15) is 6.42 Å². The summed E-state index contributed by atoms with van der Waals surface area (Å²) in [5, 5.41) is 4.41. The second-order valence-electron chi connectivity index (χ2n) is 7.14. The highest BCUT2D eigenvalue weighted by Gasteiger charge is 2.14. The molecule has 0 spiro atoms. The highest BCUT2D eigenvalue weighted by Crippen LogP contribution is 2.36. The van der Waals surface area contributed by atoms with E-state index in [1.54, 1.807) is 6.20 Å². The number of hydrogen-bond acceptors (Lipinski definition) is 6. The summed E-state index contributed by atoms with van der Waals surface area (Å²) in [6.07, 6.45) is 2.69. The molecule has 0 aliphatic carbocycles. The number of benzene rings is 2. The molecule has 0 radical (unpaired) electrons. The molecule has 0 saturated carbocycles. The lowest BCUT2D eigenvalue weighted by molar-refractivity contribution is 0.174. The minimum Gasteiger partial charge on any atom is -0.454 e. The number of fused-ring (bicyclic) bond motifs is 2. The lowest BCUT2D eigenvalue weighted by Crippen LogP contribution is -2.10. The molecule has 3 heterocycles. The first-order valence-corrected chi connectivity index (χ1v) is 10.0. The molecule has 0 atom stereocenters. The zero-order chi connectivity index (χ0) is 20.3. The van der Waals surface area contributed by atoms with Crippen molar-refractivity contribution in [2.24, 2.45) is 5.73 Å². The lowest BCUT2D eigenvalue weighted by atomic mass is 10.0. The summed E-state index contributed by atoms with van der Waals surface area (Å²) in [5.41, 5.74) is 10.7. The molecule has 2 aromatic heterocycles. The van der Waals surface area contributed by atoms with E-state index in [4.69, 9.17) is 20.2 Å². The van der Waals surface area contributed by atoms with Gasteiger partial charge in [0.1, 0.15) is 5.82 Å². The van der Waals surface area contributed by atoms with Crippen molar-refractivity contribution in [1.29, 1.82) is 0 Å². The molecular weight excluding hydrogens is 376 g/mol. The van der Waals surface area contributed by atoms with E-state index >= 15 is 0 Å². The quantitative estimate of drug-likeness (QED) is 0.467.